The van der Waals surface area contributed by atoms with Crippen molar-refractivity contribution in [3.8, 4) is 11.8 Å². The zero-order valence-electron chi connectivity index (χ0n) is 9.00. The van der Waals surface area contributed by atoms with E-state index in [9.17, 15) is 4.79 Å². The number of esters is 1. The van der Waals surface area contributed by atoms with Crippen molar-refractivity contribution in [2.45, 2.75) is 13.3 Å². The molecule has 0 unspecified atom stereocenters. The molecule has 0 saturated heterocycles. The molecule has 0 aliphatic rings. The largest absolute Gasteiger partial charge is 0.462 e. The van der Waals surface area contributed by atoms with Gasteiger partial charge >= 0.3 is 5.97 Å². The van der Waals surface area contributed by atoms with Gasteiger partial charge in [-0.25, -0.2) is 4.79 Å². The van der Waals surface area contributed by atoms with Crippen molar-refractivity contribution in [1.82, 2.24) is 4.98 Å². The van der Waals surface area contributed by atoms with Gasteiger partial charge < -0.3 is 4.74 Å². The number of carbonyl (C=O) groups is 1. The predicted molar refractivity (Wildman–Crippen MR) is 65.5 cm³/mol. The number of nitrogens with zero attached hydrogens (tertiary/aromatic N) is 1. The summed E-state index contributed by atoms with van der Waals surface area (Å²) in [4.78, 5) is 15.4. The van der Waals surface area contributed by atoms with Crippen molar-refractivity contribution in [2.75, 3.05) is 11.9 Å². The molecule has 1 heterocycles. The van der Waals surface area contributed by atoms with Crippen LogP contribution in [0.2, 0.25) is 0 Å². The fourth-order valence-corrected chi connectivity index (χ4v) is 1.24. The van der Waals surface area contributed by atoms with E-state index >= 15 is 0 Å². The second-order valence-corrected chi connectivity index (χ2v) is 3.72. The first-order chi connectivity index (χ1) is 7.77. The SMILES string of the molecule is CCOC(=O)c1cncc(C#CCCBr)c1. The molecule has 1 rings (SSSR count). The van der Waals surface area contributed by atoms with Crippen LogP contribution in [0.5, 0.6) is 0 Å². The minimum atomic E-state index is -0.362. The van der Waals surface area contributed by atoms with Crippen LogP contribution in [-0.4, -0.2) is 22.9 Å². The van der Waals surface area contributed by atoms with E-state index in [1.54, 1.807) is 19.2 Å². The van der Waals surface area contributed by atoms with Gasteiger partial charge in [0.1, 0.15) is 0 Å². The third kappa shape index (κ3) is 4.03. The molecule has 16 heavy (non-hydrogen) atoms. The molecule has 3 nitrogen and oxygen atoms in total. The van der Waals surface area contributed by atoms with Crippen LogP contribution < -0.4 is 0 Å². The van der Waals surface area contributed by atoms with Crippen LogP contribution in [-0.2, 0) is 4.74 Å². The minimum absolute atomic E-state index is 0.359. The quantitative estimate of drug-likeness (QED) is 0.485. The molecule has 0 bridgehead atoms. The molecule has 0 aliphatic carbocycles. The minimum Gasteiger partial charge on any atom is -0.462 e. The maximum Gasteiger partial charge on any atom is 0.339 e. The van der Waals surface area contributed by atoms with Crippen molar-refractivity contribution < 1.29 is 9.53 Å². The standard InChI is InChI=1S/C12H12BrNO2/c1-2-16-12(15)11-7-10(8-14-9-11)5-3-4-6-13/h7-9H,2,4,6H2,1H3. The predicted octanol–water partition coefficient (Wildman–Crippen LogP) is 2.39. The lowest BCUT2D eigenvalue weighted by atomic mass is 10.2. The van der Waals surface area contributed by atoms with Crippen molar-refractivity contribution >= 4 is 21.9 Å². The van der Waals surface area contributed by atoms with Crippen molar-refractivity contribution in [3.05, 3.63) is 29.6 Å². The number of pyridine rings is 1. The first-order valence-corrected chi connectivity index (χ1v) is 6.07. The Kier molecular flexibility index (Phi) is 5.58. The van der Waals surface area contributed by atoms with Gasteiger partial charge in [0.25, 0.3) is 0 Å². The fraction of sp³-hybridized carbons (Fsp3) is 0.333. The number of rotatable bonds is 3. The van der Waals surface area contributed by atoms with Gasteiger partial charge in [0.2, 0.25) is 0 Å². The Hall–Kier alpha value is -1.34. The highest BCUT2D eigenvalue weighted by Crippen LogP contribution is 2.03. The summed E-state index contributed by atoms with van der Waals surface area (Å²) in [5, 5.41) is 0.838. The summed E-state index contributed by atoms with van der Waals surface area (Å²) in [7, 11) is 0. The molecule has 0 spiro atoms. The van der Waals surface area contributed by atoms with Crippen LogP contribution >= 0.6 is 15.9 Å². The van der Waals surface area contributed by atoms with Crippen LogP contribution in [0.4, 0.5) is 0 Å². The summed E-state index contributed by atoms with van der Waals surface area (Å²) >= 11 is 3.29. The number of aromatic nitrogens is 1. The maximum absolute atomic E-state index is 11.4. The number of halogens is 1. The summed E-state index contributed by atoms with van der Waals surface area (Å²) in [5.41, 5.74) is 1.17. The molecule has 0 saturated carbocycles. The Bertz CT molecular complexity index is 421. The van der Waals surface area contributed by atoms with Gasteiger partial charge in [-0.05, 0) is 13.0 Å². The molecular formula is C12H12BrNO2. The molecule has 0 N–H and O–H groups in total. The van der Waals surface area contributed by atoms with Gasteiger partial charge in [0.05, 0.1) is 12.2 Å². The van der Waals surface area contributed by atoms with Crippen LogP contribution in [0.15, 0.2) is 18.5 Å². The third-order valence-corrected chi connectivity index (χ3v) is 2.10. The highest BCUT2D eigenvalue weighted by atomic mass is 79.9. The maximum atomic E-state index is 11.4. The average molecular weight is 282 g/mol. The summed E-state index contributed by atoms with van der Waals surface area (Å²) in [6.07, 6.45) is 3.88. The van der Waals surface area contributed by atoms with Gasteiger partial charge in [-0.1, -0.05) is 27.8 Å². The lowest BCUT2D eigenvalue weighted by molar-refractivity contribution is 0.0526. The number of hydrogen-bond donors (Lipinski definition) is 0. The Morgan fingerprint density at radius 2 is 2.38 bits per heavy atom. The monoisotopic (exact) mass is 281 g/mol. The first kappa shape index (κ1) is 12.7. The second kappa shape index (κ2) is 7.02. The number of alkyl halides is 1. The number of ether oxygens (including phenoxy) is 1. The zero-order valence-corrected chi connectivity index (χ0v) is 10.6. The molecule has 84 valence electrons. The van der Waals surface area contributed by atoms with E-state index in [2.05, 4.69) is 32.8 Å². The molecule has 0 atom stereocenters. The van der Waals surface area contributed by atoms with Crippen molar-refractivity contribution in [3.63, 3.8) is 0 Å². The van der Waals surface area contributed by atoms with E-state index in [-0.39, 0.29) is 5.97 Å². The Morgan fingerprint density at radius 3 is 3.06 bits per heavy atom. The Morgan fingerprint density at radius 1 is 1.56 bits per heavy atom. The molecule has 0 amide bonds. The summed E-state index contributed by atoms with van der Waals surface area (Å²) in [5.74, 6) is 5.53. The molecule has 4 heteroatoms. The third-order valence-electron chi connectivity index (χ3n) is 1.70. The molecule has 0 fully saturated rings. The molecule has 0 aromatic carbocycles. The van der Waals surface area contributed by atoms with Crippen LogP contribution in [0.1, 0.15) is 29.3 Å². The highest BCUT2D eigenvalue weighted by Gasteiger charge is 2.06. The fourth-order valence-electron chi connectivity index (χ4n) is 1.05. The summed E-state index contributed by atoms with van der Waals surface area (Å²) in [6.45, 7) is 2.13. The summed E-state index contributed by atoms with van der Waals surface area (Å²) in [6, 6.07) is 1.69. The van der Waals surface area contributed by atoms with E-state index in [1.807, 2.05) is 0 Å². The second-order valence-electron chi connectivity index (χ2n) is 2.92. The number of carbonyl (C=O) groups excluding carboxylic acids is 1. The lowest BCUT2D eigenvalue weighted by Crippen LogP contribution is -2.05. The van der Waals surface area contributed by atoms with Crippen LogP contribution in [0.3, 0.4) is 0 Å². The Balaban J connectivity index is 2.79. The van der Waals surface area contributed by atoms with Crippen molar-refractivity contribution in [1.29, 1.82) is 0 Å². The molecule has 0 aliphatic heterocycles. The molecule has 1 aromatic heterocycles. The van der Waals surface area contributed by atoms with Crippen LogP contribution in [0, 0.1) is 11.8 Å². The topological polar surface area (TPSA) is 39.2 Å². The van der Waals surface area contributed by atoms with E-state index in [4.69, 9.17) is 4.74 Å². The Labute approximate surface area is 103 Å². The average Bonchev–Trinajstić information content (AvgIpc) is 2.30. The van der Waals surface area contributed by atoms with E-state index in [1.165, 1.54) is 6.20 Å². The molecule has 0 radical (unpaired) electrons. The molecular weight excluding hydrogens is 270 g/mol. The van der Waals surface area contributed by atoms with Gasteiger partial charge in [-0.2, -0.15) is 0 Å². The molecule has 1 aromatic rings. The first-order valence-electron chi connectivity index (χ1n) is 4.95. The van der Waals surface area contributed by atoms with Crippen molar-refractivity contribution in [2.24, 2.45) is 0 Å². The van der Waals surface area contributed by atoms with Gasteiger partial charge in [-0.3, -0.25) is 4.98 Å². The van der Waals surface area contributed by atoms with Crippen LogP contribution in [0.25, 0.3) is 0 Å². The van der Waals surface area contributed by atoms with Gasteiger partial charge in [-0.15, -0.1) is 0 Å². The smallest absolute Gasteiger partial charge is 0.339 e. The normalized spacial score (nSPS) is 9.12. The summed E-state index contributed by atoms with van der Waals surface area (Å²) < 4.78 is 4.87. The number of hydrogen-bond acceptors (Lipinski definition) is 3. The van der Waals surface area contributed by atoms with E-state index < -0.39 is 0 Å². The van der Waals surface area contributed by atoms with Gasteiger partial charge in [0.15, 0.2) is 0 Å². The lowest BCUT2D eigenvalue weighted by Gasteiger charge is -2.00. The zero-order chi connectivity index (χ0) is 11.8. The van der Waals surface area contributed by atoms with E-state index in [0.717, 1.165) is 17.3 Å². The van der Waals surface area contributed by atoms with E-state index in [0.29, 0.717) is 12.2 Å². The highest BCUT2D eigenvalue weighted by molar-refractivity contribution is 9.09. The van der Waals surface area contributed by atoms with Gasteiger partial charge in [0, 0.05) is 29.7 Å².